The lowest BCUT2D eigenvalue weighted by molar-refractivity contribution is 0.206. The summed E-state index contributed by atoms with van der Waals surface area (Å²) in [5.41, 5.74) is 4.49. The maximum Gasteiger partial charge on any atom is 0.228 e. The van der Waals surface area contributed by atoms with Crippen molar-refractivity contribution in [1.29, 1.82) is 0 Å². The van der Waals surface area contributed by atoms with Gasteiger partial charge in [-0.05, 0) is 41.8 Å². The van der Waals surface area contributed by atoms with Gasteiger partial charge in [-0.15, -0.1) is 5.10 Å². The van der Waals surface area contributed by atoms with Gasteiger partial charge in [0.1, 0.15) is 5.75 Å². The maximum absolute atomic E-state index is 5.55. The summed E-state index contributed by atoms with van der Waals surface area (Å²) in [6.45, 7) is 3.84. The van der Waals surface area contributed by atoms with Crippen LogP contribution in [-0.2, 0) is 24.2 Å². The summed E-state index contributed by atoms with van der Waals surface area (Å²) in [4.78, 5) is 14.0. The van der Waals surface area contributed by atoms with Gasteiger partial charge < -0.3 is 18.8 Å². The molecule has 33 heavy (non-hydrogen) atoms. The summed E-state index contributed by atoms with van der Waals surface area (Å²) >= 11 is 0. The molecule has 0 N–H and O–H groups in total. The average molecular weight is 449 g/mol. The van der Waals surface area contributed by atoms with E-state index in [0.29, 0.717) is 30.7 Å². The Morgan fingerprint density at radius 2 is 2.09 bits per heavy atom. The first kappa shape index (κ1) is 21.4. The van der Waals surface area contributed by atoms with E-state index in [2.05, 4.69) is 17.0 Å². The van der Waals surface area contributed by atoms with Gasteiger partial charge in [-0.3, -0.25) is 4.90 Å². The molecule has 0 aliphatic carbocycles. The SMILES string of the molecule is COCCN(C)c1ncc(CN2CCc3ccc(OC)cc3C2)c2nc(-c3ccco3)nn12. The molecule has 9 nitrogen and oxygen atoms in total. The number of methoxy groups -OCH3 is 2. The summed E-state index contributed by atoms with van der Waals surface area (Å²) in [7, 11) is 5.37. The summed E-state index contributed by atoms with van der Waals surface area (Å²) in [6.07, 6.45) is 4.55. The van der Waals surface area contributed by atoms with Gasteiger partial charge in [-0.1, -0.05) is 6.07 Å². The maximum atomic E-state index is 5.55. The lowest BCUT2D eigenvalue weighted by Crippen LogP contribution is -2.31. The highest BCUT2D eigenvalue weighted by Gasteiger charge is 2.22. The second-order valence-corrected chi connectivity index (χ2v) is 8.24. The molecule has 0 spiro atoms. The predicted molar refractivity (Wildman–Crippen MR) is 124 cm³/mol. The number of hydrogen-bond acceptors (Lipinski definition) is 8. The van der Waals surface area contributed by atoms with Crippen LogP contribution in [-0.4, -0.2) is 65.4 Å². The minimum Gasteiger partial charge on any atom is -0.497 e. The van der Waals surface area contributed by atoms with E-state index in [0.717, 1.165) is 43.0 Å². The summed E-state index contributed by atoms with van der Waals surface area (Å²) < 4.78 is 18.0. The topological polar surface area (TPSA) is 81.2 Å². The van der Waals surface area contributed by atoms with Gasteiger partial charge in [0.25, 0.3) is 0 Å². The van der Waals surface area contributed by atoms with Crippen molar-refractivity contribution < 1.29 is 13.9 Å². The second kappa shape index (κ2) is 9.21. The molecule has 1 aliphatic heterocycles. The number of likely N-dealkylation sites (N-methyl/N-ethyl adjacent to an activating group) is 1. The molecule has 5 rings (SSSR count). The molecule has 4 aromatic rings. The highest BCUT2D eigenvalue weighted by atomic mass is 16.5. The number of aromatic nitrogens is 4. The molecule has 172 valence electrons. The van der Waals surface area contributed by atoms with Crippen LogP contribution in [0.15, 0.2) is 47.2 Å². The van der Waals surface area contributed by atoms with Crippen molar-refractivity contribution in [1.82, 2.24) is 24.5 Å². The minimum absolute atomic E-state index is 0.546. The fourth-order valence-corrected chi connectivity index (χ4v) is 4.21. The van der Waals surface area contributed by atoms with Crippen LogP contribution in [0.25, 0.3) is 17.2 Å². The molecule has 0 unspecified atom stereocenters. The van der Waals surface area contributed by atoms with Crippen LogP contribution in [0.5, 0.6) is 5.75 Å². The zero-order valence-electron chi connectivity index (χ0n) is 19.2. The first-order chi connectivity index (χ1) is 16.2. The van der Waals surface area contributed by atoms with E-state index >= 15 is 0 Å². The highest BCUT2D eigenvalue weighted by molar-refractivity contribution is 5.58. The van der Waals surface area contributed by atoms with E-state index in [1.54, 1.807) is 20.5 Å². The number of rotatable bonds is 8. The number of furan rings is 1. The molecule has 0 saturated carbocycles. The number of fused-ring (bicyclic) bond motifs is 2. The van der Waals surface area contributed by atoms with Crippen LogP contribution in [0.2, 0.25) is 0 Å². The molecule has 3 aromatic heterocycles. The van der Waals surface area contributed by atoms with Crippen molar-refractivity contribution in [2.45, 2.75) is 19.5 Å². The zero-order chi connectivity index (χ0) is 22.8. The fourth-order valence-electron chi connectivity index (χ4n) is 4.21. The van der Waals surface area contributed by atoms with Crippen molar-refractivity contribution in [3.8, 4) is 17.3 Å². The Bertz CT molecular complexity index is 1240. The van der Waals surface area contributed by atoms with Crippen LogP contribution >= 0.6 is 0 Å². The van der Waals surface area contributed by atoms with Gasteiger partial charge in [-0.2, -0.15) is 4.52 Å². The summed E-state index contributed by atoms with van der Waals surface area (Å²) in [5.74, 6) is 2.78. The molecule has 4 heterocycles. The van der Waals surface area contributed by atoms with Crippen molar-refractivity contribution in [3.63, 3.8) is 0 Å². The third-order valence-electron chi connectivity index (χ3n) is 6.03. The number of benzene rings is 1. The van der Waals surface area contributed by atoms with Gasteiger partial charge in [0.15, 0.2) is 11.4 Å². The van der Waals surface area contributed by atoms with E-state index < -0.39 is 0 Å². The van der Waals surface area contributed by atoms with E-state index in [1.165, 1.54) is 11.1 Å². The average Bonchev–Trinajstić information content (AvgIpc) is 3.52. The van der Waals surface area contributed by atoms with Crippen LogP contribution in [0.4, 0.5) is 5.95 Å². The van der Waals surface area contributed by atoms with Gasteiger partial charge in [0.2, 0.25) is 11.8 Å². The van der Waals surface area contributed by atoms with Gasteiger partial charge in [0.05, 0.1) is 20.0 Å². The smallest absolute Gasteiger partial charge is 0.228 e. The molecule has 0 amide bonds. The van der Waals surface area contributed by atoms with Crippen molar-refractivity contribution >= 4 is 11.6 Å². The first-order valence-electron chi connectivity index (χ1n) is 11.0. The van der Waals surface area contributed by atoms with Crippen molar-refractivity contribution in [2.24, 2.45) is 0 Å². The molecule has 1 aliphatic rings. The fraction of sp³-hybridized carbons (Fsp3) is 0.375. The molecule has 0 fully saturated rings. The van der Waals surface area contributed by atoms with Gasteiger partial charge >= 0.3 is 0 Å². The van der Waals surface area contributed by atoms with Crippen LogP contribution < -0.4 is 9.64 Å². The van der Waals surface area contributed by atoms with E-state index in [-0.39, 0.29) is 0 Å². The van der Waals surface area contributed by atoms with Crippen LogP contribution in [0.1, 0.15) is 16.7 Å². The number of ether oxygens (including phenoxy) is 2. The number of anilines is 1. The molecule has 1 aromatic carbocycles. The Hall–Kier alpha value is -3.43. The number of hydrogen-bond donors (Lipinski definition) is 0. The first-order valence-corrected chi connectivity index (χ1v) is 11.0. The lowest BCUT2D eigenvalue weighted by Gasteiger charge is -2.29. The third kappa shape index (κ3) is 4.29. The molecular formula is C24H28N6O3. The predicted octanol–water partition coefficient (Wildman–Crippen LogP) is 3.03. The standard InChI is InChI=1S/C24H28N6O3/c1-28(10-12-31-2)24-25-14-19(23-26-22(27-30(23)24)21-5-4-11-33-21)16-29-9-8-17-6-7-20(32-3)13-18(17)15-29/h4-7,11,13-14H,8-10,12,15-16H2,1-3H3. The highest BCUT2D eigenvalue weighted by Crippen LogP contribution is 2.27. The summed E-state index contributed by atoms with van der Waals surface area (Å²) in [5, 5.41) is 4.73. The Morgan fingerprint density at radius 3 is 2.88 bits per heavy atom. The number of nitrogens with zero attached hydrogens (tertiary/aromatic N) is 6. The molecule has 0 saturated heterocycles. The largest absolute Gasteiger partial charge is 0.497 e. The third-order valence-corrected chi connectivity index (χ3v) is 6.03. The monoisotopic (exact) mass is 448 g/mol. The Morgan fingerprint density at radius 1 is 1.18 bits per heavy atom. The van der Waals surface area contributed by atoms with E-state index in [9.17, 15) is 0 Å². The Labute approximate surface area is 192 Å². The molecular weight excluding hydrogens is 420 g/mol. The van der Waals surface area contributed by atoms with Gasteiger partial charge in [-0.25, -0.2) is 9.97 Å². The van der Waals surface area contributed by atoms with Crippen molar-refractivity contribution in [3.05, 3.63) is 59.5 Å². The zero-order valence-corrected chi connectivity index (χ0v) is 19.2. The van der Waals surface area contributed by atoms with Crippen LogP contribution in [0, 0.1) is 0 Å². The van der Waals surface area contributed by atoms with Crippen molar-refractivity contribution in [2.75, 3.05) is 45.9 Å². The second-order valence-electron chi connectivity index (χ2n) is 8.24. The molecule has 0 atom stereocenters. The Kier molecular flexibility index (Phi) is 5.97. The minimum atomic E-state index is 0.546. The van der Waals surface area contributed by atoms with E-state index in [1.807, 2.05) is 40.9 Å². The normalized spacial score (nSPS) is 13.9. The molecule has 0 bridgehead atoms. The van der Waals surface area contributed by atoms with Gasteiger partial charge in [0, 0.05) is 52.1 Å². The lowest BCUT2D eigenvalue weighted by atomic mass is 9.99. The summed E-state index contributed by atoms with van der Waals surface area (Å²) in [6, 6.07) is 10.0. The Balaban J connectivity index is 1.47. The molecule has 0 radical (unpaired) electrons. The van der Waals surface area contributed by atoms with E-state index in [4.69, 9.17) is 29.0 Å². The quantitative estimate of drug-likeness (QED) is 0.407. The van der Waals surface area contributed by atoms with Crippen LogP contribution in [0.3, 0.4) is 0 Å². The molecule has 9 heteroatoms.